The summed E-state index contributed by atoms with van der Waals surface area (Å²) in [5.74, 6) is 0.525. The largest absolute Gasteiger partial charge is 0.302 e. The highest BCUT2D eigenvalue weighted by Crippen LogP contribution is 2.23. The molecule has 1 atom stereocenters. The molecule has 70 valence electrons. The van der Waals surface area contributed by atoms with Crippen LogP contribution in [0.4, 0.5) is 0 Å². The molecule has 1 heterocycles. The summed E-state index contributed by atoms with van der Waals surface area (Å²) in [6.45, 7) is 8.24. The highest BCUT2D eigenvalue weighted by Gasteiger charge is 2.34. The van der Waals surface area contributed by atoms with Crippen molar-refractivity contribution in [2.75, 3.05) is 0 Å². The van der Waals surface area contributed by atoms with Gasteiger partial charge < -0.3 is 5.32 Å². The molecule has 1 saturated heterocycles. The van der Waals surface area contributed by atoms with Crippen molar-refractivity contribution in [2.24, 2.45) is 5.92 Å². The molecule has 1 fully saturated rings. The van der Waals surface area contributed by atoms with Crippen LogP contribution in [-0.2, 0) is 4.79 Å². The molecule has 1 aliphatic heterocycles. The lowest BCUT2D eigenvalue weighted by molar-refractivity contribution is -0.123. The van der Waals surface area contributed by atoms with Gasteiger partial charge in [0.15, 0.2) is 5.78 Å². The Morgan fingerprint density at radius 2 is 2.08 bits per heavy atom. The minimum Gasteiger partial charge on any atom is -0.302 e. The van der Waals surface area contributed by atoms with Crippen molar-refractivity contribution in [3.63, 3.8) is 0 Å². The fraction of sp³-hybridized carbons (Fsp3) is 0.900. The van der Waals surface area contributed by atoms with Gasteiger partial charge in [-0.25, -0.2) is 0 Å². The van der Waals surface area contributed by atoms with Crippen molar-refractivity contribution in [1.82, 2.24) is 5.32 Å². The molecular weight excluding hydrogens is 150 g/mol. The molecule has 0 aliphatic carbocycles. The number of nitrogens with one attached hydrogen (secondary N) is 1. The Labute approximate surface area is 74.7 Å². The van der Waals surface area contributed by atoms with E-state index in [9.17, 15) is 4.79 Å². The third-order valence-corrected chi connectivity index (χ3v) is 2.54. The van der Waals surface area contributed by atoms with Crippen molar-refractivity contribution in [3.05, 3.63) is 0 Å². The minimum atomic E-state index is 0.111. The fourth-order valence-corrected chi connectivity index (χ4v) is 1.74. The minimum absolute atomic E-state index is 0.111. The van der Waals surface area contributed by atoms with Crippen LogP contribution < -0.4 is 5.32 Å². The number of hydrogen-bond acceptors (Lipinski definition) is 2. The van der Waals surface area contributed by atoms with Crippen LogP contribution >= 0.6 is 0 Å². The van der Waals surface area contributed by atoms with Crippen molar-refractivity contribution >= 4 is 5.78 Å². The van der Waals surface area contributed by atoms with Gasteiger partial charge in [0.05, 0.1) is 6.04 Å². The third kappa shape index (κ3) is 2.07. The molecule has 0 bridgehead atoms. The molecule has 2 heteroatoms. The molecule has 2 nitrogen and oxygen atoms in total. The van der Waals surface area contributed by atoms with Crippen LogP contribution in [0.25, 0.3) is 0 Å². The van der Waals surface area contributed by atoms with Gasteiger partial charge in [0.25, 0.3) is 0 Å². The van der Waals surface area contributed by atoms with Crippen LogP contribution in [0.2, 0.25) is 0 Å². The number of Topliss-reactive ketones (excluding diaryl/α,β-unsaturated/α-hetero) is 1. The molecule has 1 N–H and O–H groups in total. The Morgan fingerprint density at radius 3 is 2.42 bits per heavy atom. The summed E-state index contributed by atoms with van der Waals surface area (Å²) in [7, 11) is 0. The van der Waals surface area contributed by atoms with Gasteiger partial charge in [-0.05, 0) is 26.7 Å². The second kappa shape index (κ2) is 3.17. The SMILES string of the molecule is CC(C)C(=O)C1CCC(C)(C)N1. The average Bonchev–Trinajstić information content (AvgIpc) is 2.28. The molecule has 0 aromatic carbocycles. The van der Waals surface area contributed by atoms with Crippen LogP contribution in [0.15, 0.2) is 0 Å². The van der Waals surface area contributed by atoms with E-state index in [0.29, 0.717) is 5.78 Å². The molecule has 1 rings (SSSR count). The standard InChI is InChI=1S/C10H19NO/c1-7(2)9(12)8-5-6-10(3,4)11-8/h7-8,11H,5-6H2,1-4H3. The summed E-state index contributed by atoms with van der Waals surface area (Å²) in [6.07, 6.45) is 2.11. The van der Waals surface area contributed by atoms with Gasteiger partial charge in [0.1, 0.15) is 0 Å². The van der Waals surface area contributed by atoms with Crippen molar-refractivity contribution in [2.45, 2.75) is 52.1 Å². The van der Waals surface area contributed by atoms with Crippen molar-refractivity contribution < 1.29 is 4.79 Å². The molecule has 12 heavy (non-hydrogen) atoms. The Hall–Kier alpha value is -0.370. The van der Waals surface area contributed by atoms with E-state index in [4.69, 9.17) is 0 Å². The summed E-state index contributed by atoms with van der Waals surface area (Å²) in [6, 6.07) is 0.111. The lowest BCUT2D eigenvalue weighted by atomic mass is 10.00. The Morgan fingerprint density at radius 1 is 1.50 bits per heavy atom. The van der Waals surface area contributed by atoms with Crippen LogP contribution in [0.1, 0.15) is 40.5 Å². The van der Waals surface area contributed by atoms with Gasteiger partial charge in [-0.3, -0.25) is 4.79 Å². The Balaban J connectivity index is 2.53. The predicted molar refractivity (Wildman–Crippen MR) is 50.1 cm³/mol. The van der Waals surface area contributed by atoms with Crippen molar-refractivity contribution in [3.8, 4) is 0 Å². The van der Waals surface area contributed by atoms with E-state index in [1.165, 1.54) is 0 Å². The zero-order chi connectivity index (χ0) is 9.35. The lowest BCUT2D eigenvalue weighted by Gasteiger charge is -2.20. The quantitative estimate of drug-likeness (QED) is 0.682. The number of hydrogen-bond donors (Lipinski definition) is 1. The van der Waals surface area contributed by atoms with E-state index in [1.807, 2.05) is 13.8 Å². The predicted octanol–water partition coefficient (Wildman–Crippen LogP) is 1.74. The summed E-state index contributed by atoms with van der Waals surface area (Å²) >= 11 is 0. The van der Waals surface area contributed by atoms with E-state index >= 15 is 0 Å². The monoisotopic (exact) mass is 169 g/mol. The van der Waals surface area contributed by atoms with E-state index in [0.717, 1.165) is 12.8 Å². The number of ketones is 1. The van der Waals surface area contributed by atoms with Gasteiger partial charge in [0.2, 0.25) is 0 Å². The maximum absolute atomic E-state index is 11.6. The molecule has 0 radical (unpaired) electrons. The molecule has 0 aromatic rings. The van der Waals surface area contributed by atoms with E-state index in [1.54, 1.807) is 0 Å². The number of carbonyl (C=O) groups excluding carboxylic acids is 1. The molecule has 1 unspecified atom stereocenters. The first-order valence-corrected chi connectivity index (χ1v) is 4.74. The van der Waals surface area contributed by atoms with E-state index in [2.05, 4.69) is 19.2 Å². The molecular formula is C10H19NO. The van der Waals surface area contributed by atoms with Crippen LogP contribution in [0.3, 0.4) is 0 Å². The Bertz CT molecular complexity index is 184. The summed E-state index contributed by atoms with van der Waals surface area (Å²) in [5, 5.41) is 3.36. The maximum atomic E-state index is 11.6. The zero-order valence-corrected chi connectivity index (χ0v) is 8.48. The molecule has 0 amide bonds. The summed E-state index contributed by atoms with van der Waals surface area (Å²) in [4.78, 5) is 11.6. The molecule has 0 aromatic heterocycles. The van der Waals surface area contributed by atoms with Crippen LogP contribution in [0, 0.1) is 5.92 Å². The normalized spacial score (nSPS) is 27.9. The fourth-order valence-electron chi connectivity index (χ4n) is 1.74. The first-order valence-electron chi connectivity index (χ1n) is 4.74. The van der Waals surface area contributed by atoms with Gasteiger partial charge >= 0.3 is 0 Å². The van der Waals surface area contributed by atoms with Gasteiger partial charge in [0, 0.05) is 11.5 Å². The van der Waals surface area contributed by atoms with Crippen molar-refractivity contribution in [1.29, 1.82) is 0 Å². The average molecular weight is 169 g/mol. The van der Waals surface area contributed by atoms with Gasteiger partial charge in [-0.15, -0.1) is 0 Å². The second-order valence-electron chi connectivity index (χ2n) is 4.68. The topological polar surface area (TPSA) is 29.1 Å². The Kier molecular flexibility index (Phi) is 2.57. The van der Waals surface area contributed by atoms with Crippen LogP contribution in [-0.4, -0.2) is 17.4 Å². The zero-order valence-electron chi connectivity index (χ0n) is 8.48. The van der Waals surface area contributed by atoms with Crippen LogP contribution in [0.5, 0.6) is 0 Å². The number of rotatable bonds is 2. The highest BCUT2D eigenvalue weighted by molar-refractivity contribution is 5.86. The maximum Gasteiger partial charge on any atom is 0.152 e. The third-order valence-electron chi connectivity index (χ3n) is 2.54. The second-order valence-corrected chi connectivity index (χ2v) is 4.68. The lowest BCUT2D eigenvalue weighted by Crippen LogP contribution is -2.42. The molecule has 0 saturated carbocycles. The van der Waals surface area contributed by atoms with Gasteiger partial charge in [-0.2, -0.15) is 0 Å². The molecule has 1 aliphatic rings. The van der Waals surface area contributed by atoms with E-state index in [-0.39, 0.29) is 17.5 Å². The number of carbonyl (C=O) groups is 1. The summed E-state index contributed by atoms with van der Waals surface area (Å²) < 4.78 is 0. The van der Waals surface area contributed by atoms with Gasteiger partial charge in [-0.1, -0.05) is 13.8 Å². The highest BCUT2D eigenvalue weighted by atomic mass is 16.1. The first kappa shape index (κ1) is 9.72. The molecule has 0 spiro atoms. The van der Waals surface area contributed by atoms with E-state index < -0.39 is 0 Å². The first-order chi connectivity index (χ1) is 5.42. The summed E-state index contributed by atoms with van der Waals surface area (Å²) in [5.41, 5.74) is 0.162. The smallest absolute Gasteiger partial charge is 0.152 e.